The van der Waals surface area contributed by atoms with Crippen LogP contribution in [0.25, 0.3) is 0 Å². The molecule has 0 heterocycles. The zero-order valence-corrected chi connectivity index (χ0v) is 18.4. The van der Waals surface area contributed by atoms with Crippen LogP contribution >= 0.6 is 0 Å². The highest BCUT2D eigenvalue weighted by Crippen LogP contribution is 2.20. The predicted molar refractivity (Wildman–Crippen MR) is 123 cm³/mol. The third kappa shape index (κ3) is 6.58. The third-order valence-electron chi connectivity index (χ3n) is 4.27. The van der Waals surface area contributed by atoms with E-state index >= 15 is 0 Å². The minimum atomic E-state index is -3.74. The van der Waals surface area contributed by atoms with Gasteiger partial charge in [0.25, 0.3) is 15.9 Å². The average Bonchev–Trinajstić information content (AvgIpc) is 2.74. The quantitative estimate of drug-likeness (QED) is 0.480. The summed E-state index contributed by atoms with van der Waals surface area (Å²) in [6, 6.07) is 19.5. The number of ether oxygens (including phenoxy) is 1. The van der Waals surface area contributed by atoms with E-state index in [0.29, 0.717) is 22.8 Å². The van der Waals surface area contributed by atoms with Crippen LogP contribution in [0.4, 0.5) is 17.1 Å². The molecule has 166 valence electrons. The lowest BCUT2D eigenvalue weighted by atomic mass is 10.2. The van der Waals surface area contributed by atoms with Gasteiger partial charge in [-0.2, -0.15) is 0 Å². The third-order valence-corrected chi connectivity index (χ3v) is 5.67. The highest BCUT2D eigenvalue weighted by molar-refractivity contribution is 7.92. The van der Waals surface area contributed by atoms with E-state index < -0.39 is 15.9 Å². The van der Waals surface area contributed by atoms with Gasteiger partial charge in [0.05, 0.1) is 4.90 Å². The van der Waals surface area contributed by atoms with Gasteiger partial charge in [-0.05, 0) is 61.5 Å². The number of nitrogens with one attached hydrogen (secondary N) is 3. The van der Waals surface area contributed by atoms with Crippen molar-refractivity contribution < 1.29 is 22.7 Å². The summed E-state index contributed by atoms with van der Waals surface area (Å²) in [5.74, 6) is -0.263. The topological polar surface area (TPSA) is 114 Å². The molecule has 2 amide bonds. The molecule has 0 bridgehead atoms. The van der Waals surface area contributed by atoms with Gasteiger partial charge in [-0.25, -0.2) is 8.42 Å². The molecule has 0 unspecified atom stereocenters. The smallest absolute Gasteiger partial charge is 0.262 e. The number of carbonyl (C=O) groups is 2. The first kappa shape index (κ1) is 22.8. The molecule has 0 atom stereocenters. The summed E-state index contributed by atoms with van der Waals surface area (Å²) in [5, 5.41) is 5.31. The van der Waals surface area contributed by atoms with E-state index in [2.05, 4.69) is 15.4 Å². The van der Waals surface area contributed by atoms with Crippen LogP contribution in [0.15, 0.2) is 77.7 Å². The fraction of sp³-hybridized carbons (Fsp3) is 0.130. The maximum atomic E-state index is 12.5. The van der Waals surface area contributed by atoms with Crippen molar-refractivity contribution in [2.45, 2.75) is 18.7 Å². The van der Waals surface area contributed by atoms with Gasteiger partial charge in [0, 0.05) is 24.0 Å². The van der Waals surface area contributed by atoms with Gasteiger partial charge in [0.1, 0.15) is 5.75 Å². The van der Waals surface area contributed by atoms with Crippen molar-refractivity contribution in [3.8, 4) is 5.75 Å². The molecule has 0 fully saturated rings. The fourth-order valence-corrected chi connectivity index (χ4v) is 3.83. The molecule has 0 spiro atoms. The number of carbonyl (C=O) groups excluding carboxylic acids is 2. The first-order valence-electron chi connectivity index (χ1n) is 9.71. The van der Waals surface area contributed by atoms with Crippen molar-refractivity contribution in [3.05, 3.63) is 78.4 Å². The van der Waals surface area contributed by atoms with Crippen LogP contribution in [0.3, 0.4) is 0 Å². The minimum absolute atomic E-state index is 0.0738. The van der Waals surface area contributed by atoms with Crippen molar-refractivity contribution in [3.63, 3.8) is 0 Å². The maximum Gasteiger partial charge on any atom is 0.262 e. The van der Waals surface area contributed by atoms with Crippen LogP contribution in [0.2, 0.25) is 0 Å². The first-order valence-corrected chi connectivity index (χ1v) is 11.2. The maximum absolute atomic E-state index is 12.5. The molecule has 8 nitrogen and oxygen atoms in total. The Morgan fingerprint density at radius 2 is 1.47 bits per heavy atom. The number of hydrogen-bond acceptors (Lipinski definition) is 5. The molecule has 0 saturated carbocycles. The Morgan fingerprint density at radius 1 is 0.844 bits per heavy atom. The minimum Gasteiger partial charge on any atom is -0.484 e. The van der Waals surface area contributed by atoms with Gasteiger partial charge in [0.2, 0.25) is 5.91 Å². The first-order chi connectivity index (χ1) is 15.2. The molecule has 0 aliphatic rings. The predicted octanol–water partition coefficient (Wildman–Crippen LogP) is 3.77. The molecule has 0 radical (unpaired) electrons. The number of hydrogen-bond donors (Lipinski definition) is 3. The van der Waals surface area contributed by atoms with E-state index in [1.165, 1.54) is 31.2 Å². The van der Waals surface area contributed by atoms with Gasteiger partial charge in [-0.15, -0.1) is 0 Å². The van der Waals surface area contributed by atoms with Gasteiger partial charge >= 0.3 is 0 Å². The number of rotatable bonds is 8. The molecule has 3 aromatic rings. The summed E-state index contributed by atoms with van der Waals surface area (Å²) in [6.45, 7) is 3.05. The van der Waals surface area contributed by atoms with Crippen LogP contribution in [0, 0.1) is 6.92 Å². The standard InChI is InChI=1S/C23H23N3O5S/c1-16-6-8-18(9-7-16)26-32(29,30)22-12-10-21(11-13-22)31-15-23(28)25-20-5-3-4-19(14-20)24-17(2)27/h3-14,26H,15H2,1-2H3,(H,24,27)(H,25,28). The van der Waals surface area contributed by atoms with Crippen LogP contribution in [-0.4, -0.2) is 26.8 Å². The van der Waals surface area contributed by atoms with Crippen molar-refractivity contribution in [1.29, 1.82) is 0 Å². The molecule has 32 heavy (non-hydrogen) atoms. The van der Waals surface area contributed by atoms with Gasteiger partial charge in [-0.1, -0.05) is 23.8 Å². The van der Waals surface area contributed by atoms with Crippen molar-refractivity contribution in [1.82, 2.24) is 0 Å². The Balaban J connectivity index is 1.55. The van der Waals surface area contributed by atoms with Gasteiger partial charge in [0.15, 0.2) is 6.61 Å². The summed E-state index contributed by atoms with van der Waals surface area (Å²) >= 11 is 0. The molecular formula is C23H23N3O5S. The molecule has 0 aromatic heterocycles. The Hall–Kier alpha value is -3.85. The van der Waals surface area contributed by atoms with Gasteiger partial charge < -0.3 is 15.4 Å². The second kappa shape index (κ2) is 9.97. The molecule has 3 aromatic carbocycles. The fourth-order valence-electron chi connectivity index (χ4n) is 2.77. The molecular weight excluding hydrogens is 430 g/mol. The van der Waals surface area contributed by atoms with Crippen LogP contribution in [0.5, 0.6) is 5.75 Å². The highest BCUT2D eigenvalue weighted by atomic mass is 32.2. The number of sulfonamides is 1. The zero-order valence-electron chi connectivity index (χ0n) is 17.6. The van der Waals surface area contributed by atoms with E-state index in [1.807, 2.05) is 19.1 Å². The van der Waals surface area contributed by atoms with Crippen molar-refractivity contribution in [2.24, 2.45) is 0 Å². The molecule has 0 aliphatic heterocycles. The van der Waals surface area contributed by atoms with Crippen LogP contribution in [-0.2, 0) is 19.6 Å². The lowest BCUT2D eigenvalue weighted by molar-refractivity contribution is -0.118. The largest absolute Gasteiger partial charge is 0.484 e. The van der Waals surface area contributed by atoms with E-state index in [1.54, 1.807) is 36.4 Å². The lowest BCUT2D eigenvalue weighted by Gasteiger charge is -2.11. The number of amides is 2. The molecule has 3 N–H and O–H groups in total. The molecule has 3 rings (SSSR count). The normalized spacial score (nSPS) is 10.8. The summed E-state index contributed by atoms with van der Waals surface area (Å²) in [4.78, 5) is 23.4. The van der Waals surface area contributed by atoms with Crippen molar-refractivity contribution in [2.75, 3.05) is 22.0 Å². The summed E-state index contributed by atoms with van der Waals surface area (Å²) < 4.78 is 33.0. The Labute approximate surface area is 186 Å². The van der Waals surface area contributed by atoms with E-state index in [-0.39, 0.29) is 17.4 Å². The Kier molecular flexibility index (Phi) is 7.11. The molecule has 0 aliphatic carbocycles. The van der Waals surface area contributed by atoms with Crippen molar-refractivity contribution >= 4 is 38.9 Å². The van der Waals surface area contributed by atoms with E-state index in [9.17, 15) is 18.0 Å². The van der Waals surface area contributed by atoms with Gasteiger partial charge in [-0.3, -0.25) is 14.3 Å². The average molecular weight is 454 g/mol. The van der Waals surface area contributed by atoms with Crippen LogP contribution < -0.4 is 20.1 Å². The Morgan fingerprint density at radius 3 is 2.09 bits per heavy atom. The SMILES string of the molecule is CC(=O)Nc1cccc(NC(=O)COc2ccc(S(=O)(=O)Nc3ccc(C)cc3)cc2)c1. The van der Waals surface area contributed by atoms with E-state index in [4.69, 9.17) is 4.74 Å². The molecule has 9 heteroatoms. The zero-order chi connectivity index (χ0) is 23.1. The summed E-state index contributed by atoms with van der Waals surface area (Å²) in [7, 11) is -3.74. The summed E-state index contributed by atoms with van der Waals surface area (Å²) in [5.41, 5.74) is 2.56. The summed E-state index contributed by atoms with van der Waals surface area (Å²) in [6.07, 6.45) is 0. The second-order valence-corrected chi connectivity index (χ2v) is 8.72. The number of anilines is 3. The highest BCUT2D eigenvalue weighted by Gasteiger charge is 2.14. The second-order valence-electron chi connectivity index (χ2n) is 7.04. The molecule has 0 saturated heterocycles. The Bertz CT molecular complexity index is 1210. The van der Waals surface area contributed by atoms with Crippen LogP contribution in [0.1, 0.15) is 12.5 Å². The lowest BCUT2D eigenvalue weighted by Crippen LogP contribution is -2.20. The van der Waals surface area contributed by atoms with E-state index in [0.717, 1.165) is 5.56 Å². The monoisotopic (exact) mass is 453 g/mol. The number of aryl methyl sites for hydroxylation is 1. The number of benzene rings is 3.